The zero-order valence-electron chi connectivity index (χ0n) is 16.5. The van der Waals surface area contributed by atoms with E-state index in [1.807, 2.05) is 37.2 Å². The molecule has 0 spiro atoms. The number of carbonyl (C=O) groups excluding carboxylic acids is 1. The number of likely N-dealkylation sites (N-methyl/N-ethyl adjacent to an activating group) is 1. The third-order valence-electron chi connectivity index (χ3n) is 5.29. The molecule has 1 atom stereocenters. The topological polar surface area (TPSA) is 35.6 Å². The van der Waals surface area contributed by atoms with Gasteiger partial charge in [-0.15, -0.1) is 0 Å². The Morgan fingerprint density at radius 3 is 2.22 bits per heavy atom. The second-order valence-corrected chi connectivity index (χ2v) is 7.69. The Morgan fingerprint density at radius 2 is 1.59 bits per heavy atom. The Morgan fingerprint density at radius 1 is 0.963 bits per heavy atom. The number of carbonyl (C=O) groups is 1. The molecule has 27 heavy (non-hydrogen) atoms. The number of rotatable bonds is 8. The molecule has 0 saturated carbocycles. The average Bonchev–Trinajstić information content (AvgIpc) is 3.19. The third kappa shape index (κ3) is 5.91. The zero-order valence-corrected chi connectivity index (χ0v) is 16.5. The molecule has 3 rings (SSSR count). The van der Waals surface area contributed by atoms with Gasteiger partial charge in [-0.3, -0.25) is 14.6 Å². The molecular weight excluding hydrogens is 334 g/mol. The first kappa shape index (κ1) is 19.6. The second-order valence-electron chi connectivity index (χ2n) is 7.69. The summed E-state index contributed by atoms with van der Waals surface area (Å²) in [5, 5.41) is 3.10. The van der Waals surface area contributed by atoms with Gasteiger partial charge < -0.3 is 5.32 Å². The van der Waals surface area contributed by atoms with Crippen LogP contribution in [0, 0.1) is 0 Å². The third-order valence-corrected chi connectivity index (χ3v) is 5.29. The molecular formula is C23H31N3O. The minimum Gasteiger partial charge on any atom is -0.351 e. The lowest BCUT2D eigenvalue weighted by Gasteiger charge is -2.23. The maximum Gasteiger partial charge on any atom is 0.237 e. The Bertz CT molecular complexity index is 706. The van der Waals surface area contributed by atoms with Crippen molar-refractivity contribution in [3.05, 3.63) is 71.3 Å². The van der Waals surface area contributed by atoms with Crippen molar-refractivity contribution in [3.8, 4) is 0 Å². The van der Waals surface area contributed by atoms with E-state index in [2.05, 4.69) is 46.6 Å². The van der Waals surface area contributed by atoms with Crippen LogP contribution in [0.3, 0.4) is 0 Å². The lowest BCUT2D eigenvalue weighted by atomic mass is 10.0. The van der Waals surface area contributed by atoms with Crippen LogP contribution in [0.25, 0.3) is 0 Å². The quantitative estimate of drug-likeness (QED) is 0.781. The van der Waals surface area contributed by atoms with E-state index in [0.29, 0.717) is 13.0 Å². The first-order valence-electron chi connectivity index (χ1n) is 9.90. The zero-order chi connectivity index (χ0) is 19.1. The average molecular weight is 366 g/mol. The smallest absolute Gasteiger partial charge is 0.237 e. The maximum atomic E-state index is 12.7. The molecule has 1 N–H and O–H groups in total. The Balaban J connectivity index is 1.52. The van der Waals surface area contributed by atoms with Gasteiger partial charge in [-0.1, -0.05) is 54.6 Å². The van der Waals surface area contributed by atoms with Crippen LogP contribution in [0.4, 0.5) is 0 Å². The minimum atomic E-state index is -0.165. The first-order valence-corrected chi connectivity index (χ1v) is 9.90. The number of amides is 1. The van der Waals surface area contributed by atoms with E-state index in [1.165, 1.54) is 37.1 Å². The van der Waals surface area contributed by atoms with Crippen LogP contribution in [-0.4, -0.2) is 48.9 Å². The molecule has 1 fully saturated rings. The van der Waals surface area contributed by atoms with E-state index in [-0.39, 0.29) is 11.9 Å². The Labute approximate surface area is 163 Å². The summed E-state index contributed by atoms with van der Waals surface area (Å²) in [7, 11) is 3.92. The van der Waals surface area contributed by atoms with Crippen molar-refractivity contribution in [1.29, 1.82) is 0 Å². The van der Waals surface area contributed by atoms with Gasteiger partial charge >= 0.3 is 0 Å². The fourth-order valence-electron chi connectivity index (χ4n) is 3.62. The molecule has 0 bridgehead atoms. The number of hydrogen-bond acceptors (Lipinski definition) is 3. The van der Waals surface area contributed by atoms with Crippen LogP contribution in [0.15, 0.2) is 54.6 Å². The summed E-state index contributed by atoms with van der Waals surface area (Å²) in [6, 6.07) is 18.7. The van der Waals surface area contributed by atoms with Crippen LogP contribution in [0.5, 0.6) is 0 Å². The van der Waals surface area contributed by atoms with Crippen molar-refractivity contribution >= 4 is 5.91 Å². The highest BCUT2D eigenvalue weighted by Crippen LogP contribution is 2.13. The molecule has 0 aliphatic carbocycles. The molecule has 0 aromatic heterocycles. The van der Waals surface area contributed by atoms with E-state index >= 15 is 0 Å². The molecule has 4 heteroatoms. The second kappa shape index (κ2) is 9.67. The van der Waals surface area contributed by atoms with Crippen LogP contribution in [0.1, 0.15) is 29.5 Å². The van der Waals surface area contributed by atoms with E-state index < -0.39 is 0 Å². The summed E-state index contributed by atoms with van der Waals surface area (Å²) in [4.78, 5) is 17.2. The summed E-state index contributed by atoms with van der Waals surface area (Å²) >= 11 is 0. The number of likely N-dealkylation sites (tertiary alicyclic amines) is 1. The SMILES string of the molecule is CN(C)[C@@H](Cc1ccccc1)C(=O)NCc1ccc(CN2CCCC2)cc1. The lowest BCUT2D eigenvalue weighted by molar-refractivity contribution is -0.125. The maximum absolute atomic E-state index is 12.7. The molecule has 0 radical (unpaired) electrons. The van der Waals surface area contributed by atoms with Gasteiger partial charge in [-0.25, -0.2) is 0 Å². The summed E-state index contributed by atoms with van der Waals surface area (Å²) in [6.45, 7) is 4.03. The van der Waals surface area contributed by atoms with Crippen molar-refractivity contribution in [1.82, 2.24) is 15.1 Å². The number of hydrogen-bond donors (Lipinski definition) is 1. The normalized spacial score (nSPS) is 15.8. The van der Waals surface area contributed by atoms with Gasteiger partial charge in [0.1, 0.15) is 0 Å². The fraction of sp³-hybridized carbons (Fsp3) is 0.435. The predicted molar refractivity (Wildman–Crippen MR) is 110 cm³/mol. The van der Waals surface area contributed by atoms with E-state index in [1.54, 1.807) is 0 Å². The molecule has 1 saturated heterocycles. The van der Waals surface area contributed by atoms with Crippen molar-refractivity contribution in [3.63, 3.8) is 0 Å². The van der Waals surface area contributed by atoms with Gasteiger partial charge in [0.2, 0.25) is 5.91 Å². The molecule has 2 aromatic carbocycles. The standard InChI is InChI=1S/C23H31N3O/c1-25(2)22(16-19-8-4-3-5-9-19)23(27)24-17-20-10-12-21(13-11-20)18-26-14-6-7-15-26/h3-5,8-13,22H,6-7,14-18H2,1-2H3,(H,24,27)/t22-/m0/s1. The molecule has 1 heterocycles. The Kier molecular flexibility index (Phi) is 7.02. The van der Waals surface area contributed by atoms with Gasteiger partial charge in [0.15, 0.2) is 0 Å². The van der Waals surface area contributed by atoms with E-state index in [9.17, 15) is 4.79 Å². The van der Waals surface area contributed by atoms with Crippen molar-refractivity contribution < 1.29 is 4.79 Å². The number of nitrogens with zero attached hydrogens (tertiary/aromatic N) is 2. The highest BCUT2D eigenvalue weighted by molar-refractivity contribution is 5.82. The fourth-order valence-corrected chi connectivity index (χ4v) is 3.62. The van der Waals surface area contributed by atoms with Crippen molar-refractivity contribution in [2.45, 2.75) is 38.4 Å². The van der Waals surface area contributed by atoms with Crippen LogP contribution >= 0.6 is 0 Å². The lowest BCUT2D eigenvalue weighted by Crippen LogP contribution is -2.44. The van der Waals surface area contributed by atoms with Crippen molar-refractivity contribution in [2.24, 2.45) is 0 Å². The largest absolute Gasteiger partial charge is 0.351 e. The molecule has 2 aromatic rings. The highest BCUT2D eigenvalue weighted by Gasteiger charge is 2.20. The van der Waals surface area contributed by atoms with Gasteiger partial charge in [0.05, 0.1) is 6.04 Å². The highest BCUT2D eigenvalue weighted by atomic mass is 16.2. The summed E-state index contributed by atoms with van der Waals surface area (Å²) in [5.74, 6) is 0.0741. The molecule has 1 amide bonds. The van der Waals surface area contributed by atoms with Gasteiger partial charge in [0.25, 0.3) is 0 Å². The van der Waals surface area contributed by atoms with Crippen LogP contribution in [0.2, 0.25) is 0 Å². The summed E-state index contributed by atoms with van der Waals surface area (Å²) in [5.41, 5.74) is 3.67. The van der Waals surface area contributed by atoms with Crippen LogP contribution in [-0.2, 0) is 24.3 Å². The van der Waals surface area contributed by atoms with E-state index in [0.717, 1.165) is 12.1 Å². The molecule has 4 nitrogen and oxygen atoms in total. The molecule has 0 unspecified atom stereocenters. The van der Waals surface area contributed by atoms with Crippen molar-refractivity contribution in [2.75, 3.05) is 27.2 Å². The molecule has 144 valence electrons. The number of benzene rings is 2. The number of nitrogens with one attached hydrogen (secondary N) is 1. The molecule has 1 aliphatic heterocycles. The van der Waals surface area contributed by atoms with Crippen LogP contribution < -0.4 is 5.32 Å². The van der Waals surface area contributed by atoms with Gasteiger partial charge in [-0.05, 0) is 63.1 Å². The minimum absolute atomic E-state index is 0.0741. The van der Waals surface area contributed by atoms with E-state index in [4.69, 9.17) is 0 Å². The predicted octanol–water partition coefficient (Wildman–Crippen LogP) is 3.07. The van der Waals surface area contributed by atoms with Gasteiger partial charge in [0, 0.05) is 13.1 Å². The first-order chi connectivity index (χ1) is 13.1. The summed E-state index contributed by atoms with van der Waals surface area (Å²) < 4.78 is 0. The van der Waals surface area contributed by atoms with Gasteiger partial charge in [-0.2, -0.15) is 0 Å². The summed E-state index contributed by atoms with van der Waals surface area (Å²) in [6.07, 6.45) is 3.36. The Hall–Kier alpha value is -2.17. The monoisotopic (exact) mass is 365 g/mol. The molecule has 1 aliphatic rings.